The second kappa shape index (κ2) is 5.11. The molecule has 0 saturated heterocycles. The lowest BCUT2D eigenvalue weighted by Crippen LogP contribution is -1.93. The van der Waals surface area contributed by atoms with Crippen molar-refractivity contribution in [1.29, 1.82) is 0 Å². The number of ether oxygens (including phenoxy) is 1. The summed E-state index contributed by atoms with van der Waals surface area (Å²) in [6.45, 7) is 0. The number of fused-ring (bicyclic) bond motifs is 1. The van der Waals surface area contributed by atoms with Crippen molar-refractivity contribution in [2.75, 3.05) is 0 Å². The molecule has 0 radical (unpaired) electrons. The number of rotatable bonds is 3. The highest BCUT2D eigenvalue weighted by Gasteiger charge is 2.16. The lowest BCUT2D eigenvalue weighted by molar-refractivity contribution is 0.426. The maximum absolute atomic E-state index is 13.7. The average Bonchev–Trinajstić information content (AvgIpc) is 2.92. The van der Waals surface area contributed by atoms with Crippen molar-refractivity contribution in [3.8, 4) is 11.6 Å². The molecular weight excluding hydrogens is 355 g/mol. The third kappa shape index (κ3) is 2.35. The molecule has 3 rings (SSSR count). The quantitative estimate of drug-likeness (QED) is 0.625. The van der Waals surface area contributed by atoms with E-state index in [1.54, 1.807) is 12.1 Å². The Labute approximate surface area is 125 Å². The minimum atomic E-state index is -0.453. The summed E-state index contributed by atoms with van der Waals surface area (Å²) in [4.78, 5) is 5.07. The molecule has 7 heteroatoms. The second-order valence-electron chi connectivity index (χ2n) is 3.73. The number of hydrogen-bond acceptors (Lipinski definition) is 3. The molecule has 0 unspecified atom stereocenters. The number of hydrogen-bond donors (Lipinski definition) is 0. The maximum atomic E-state index is 13.7. The van der Waals surface area contributed by atoms with Crippen LogP contribution in [-0.4, -0.2) is 9.38 Å². The van der Waals surface area contributed by atoms with Gasteiger partial charge in [0.2, 0.25) is 5.88 Å². The van der Waals surface area contributed by atoms with Crippen molar-refractivity contribution in [2.24, 2.45) is 0 Å². The van der Waals surface area contributed by atoms with E-state index in [0.29, 0.717) is 16.0 Å². The SMILES string of the molecule is Fc1cc(Br)ccc1Oc1nc2sccn2c1CCl. The first-order valence-corrected chi connectivity index (χ1v) is 7.53. The lowest BCUT2D eigenvalue weighted by atomic mass is 10.3. The van der Waals surface area contributed by atoms with Crippen LogP contribution in [0.15, 0.2) is 34.2 Å². The molecule has 0 spiro atoms. The Kier molecular flexibility index (Phi) is 3.47. The first kappa shape index (κ1) is 12.9. The lowest BCUT2D eigenvalue weighted by Gasteiger charge is -2.05. The van der Waals surface area contributed by atoms with Gasteiger partial charge in [0, 0.05) is 16.0 Å². The van der Waals surface area contributed by atoms with E-state index in [-0.39, 0.29) is 11.6 Å². The Balaban J connectivity index is 2.02. The van der Waals surface area contributed by atoms with Crippen LogP contribution < -0.4 is 4.74 Å². The smallest absolute Gasteiger partial charge is 0.243 e. The first-order valence-electron chi connectivity index (χ1n) is 5.32. The summed E-state index contributed by atoms with van der Waals surface area (Å²) in [7, 11) is 0. The number of alkyl halides is 1. The fourth-order valence-electron chi connectivity index (χ4n) is 1.68. The summed E-state index contributed by atoms with van der Waals surface area (Å²) in [5, 5.41) is 1.91. The van der Waals surface area contributed by atoms with Crippen LogP contribution in [0.5, 0.6) is 11.6 Å². The fourth-order valence-corrected chi connectivity index (χ4v) is 2.98. The third-order valence-corrected chi connectivity index (χ3v) is 4.05. The van der Waals surface area contributed by atoms with E-state index in [1.165, 1.54) is 17.4 Å². The van der Waals surface area contributed by atoms with E-state index in [1.807, 2.05) is 16.0 Å². The molecule has 0 aliphatic heterocycles. The topological polar surface area (TPSA) is 26.5 Å². The number of imidazole rings is 1. The molecule has 1 aromatic carbocycles. The highest BCUT2D eigenvalue weighted by atomic mass is 79.9. The molecule has 0 atom stereocenters. The van der Waals surface area contributed by atoms with Crippen LogP contribution in [0, 0.1) is 5.82 Å². The highest BCUT2D eigenvalue weighted by molar-refractivity contribution is 9.10. The van der Waals surface area contributed by atoms with Crippen molar-refractivity contribution in [2.45, 2.75) is 5.88 Å². The average molecular weight is 362 g/mol. The van der Waals surface area contributed by atoms with Crippen molar-refractivity contribution >= 4 is 43.8 Å². The van der Waals surface area contributed by atoms with Crippen LogP contribution in [0.4, 0.5) is 4.39 Å². The number of thiazole rings is 1. The van der Waals surface area contributed by atoms with Crippen LogP contribution in [0.1, 0.15) is 5.69 Å². The van der Waals surface area contributed by atoms with Gasteiger partial charge < -0.3 is 4.74 Å². The predicted octanol–water partition coefficient (Wildman–Crippen LogP) is 4.83. The molecule has 19 heavy (non-hydrogen) atoms. The second-order valence-corrected chi connectivity index (χ2v) is 5.79. The van der Waals surface area contributed by atoms with Gasteiger partial charge in [0.15, 0.2) is 16.5 Å². The zero-order chi connectivity index (χ0) is 13.4. The van der Waals surface area contributed by atoms with Crippen molar-refractivity contribution in [3.63, 3.8) is 0 Å². The Morgan fingerprint density at radius 1 is 1.47 bits per heavy atom. The molecule has 0 amide bonds. The van der Waals surface area contributed by atoms with Gasteiger partial charge in [-0.25, -0.2) is 4.39 Å². The largest absolute Gasteiger partial charge is 0.434 e. The van der Waals surface area contributed by atoms with Crippen LogP contribution in [0.25, 0.3) is 4.96 Å². The summed E-state index contributed by atoms with van der Waals surface area (Å²) >= 11 is 10.6. The summed E-state index contributed by atoms with van der Waals surface area (Å²) < 4.78 is 21.7. The zero-order valence-corrected chi connectivity index (χ0v) is 12.6. The number of benzene rings is 1. The van der Waals surface area contributed by atoms with Gasteiger partial charge in [-0.15, -0.1) is 22.9 Å². The molecule has 3 nitrogen and oxygen atoms in total. The Bertz CT molecular complexity index is 742. The summed E-state index contributed by atoms with van der Waals surface area (Å²) in [5.41, 5.74) is 0.709. The number of aromatic nitrogens is 2. The molecule has 98 valence electrons. The number of halogens is 3. The molecule has 2 heterocycles. The van der Waals surface area contributed by atoms with Gasteiger partial charge in [0.1, 0.15) is 5.69 Å². The molecule has 0 N–H and O–H groups in total. The Hall–Kier alpha value is -1.11. The van der Waals surface area contributed by atoms with Crippen LogP contribution >= 0.6 is 38.9 Å². The molecule has 2 aromatic heterocycles. The van der Waals surface area contributed by atoms with Crippen LogP contribution in [-0.2, 0) is 5.88 Å². The van der Waals surface area contributed by atoms with Gasteiger partial charge in [0.25, 0.3) is 0 Å². The van der Waals surface area contributed by atoms with E-state index in [0.717, 1.165) is 4.96 Å². The molecule has 0 bridgehead atoms. The summed E-state index contributed by atoms with van der Waals surface area (Å²) in [6.07, 6.45) is 1.86. The maximum Gasteiger partial charge on any atom is 0.243 e. The Morgan fingerprint density at radius 2 is 2.32 bits per heavy atom. The summed E-state index contributed by atoms with van der Waals surface area (Å²) in [5.74, 6) is 0.250. The van der Waals surface area contributed by atoms with Gasteiger partial charge >= 0.3 is 0 Å². The monoisotopic (exact) mass is 360 g/mol. The van der Waals surface area contributed by atoms with Gasteiger partial charge in [-0.05, 0) is 18.2 Å². The Morgan fingerprint density at radius 3 is 3.05 bits per heavy atom. The van der Waals surface area contributed by atoms with Crippen molar-refractivity contribution in [1.82, 2.24) is 9.38 Å². The van der Waals surface area contributed by atoms with E-state index in [4.69, 9.17) is 16.3 Å². The molecule has 0 saturated carbocycles. The van der Waals surface area contributed by atoms with E-state index in [9.17, 15) is 4.39 Å². The highest BCUT2D eigenvalue weighted by Crippen LogP contribution is 2.31. The molecule has 3 aromatic rings. The first-order chi connectivity index (χ1) is 9.19. The van der Waals surface area contributed by atoms with Crippen LogP contribution in [0.2, 0.25) is 0 Å². The molecule has 0 aliphatic rings. The third-order valence-electron chi connectivity index (χ3n) is 2.55. The number of nitrogens with zero attached hydrogens (tertiary/aromatic N) is 2. The van der Waals surface area contributed by atoms with Crippen molar-refractivity contribution in [3.05, 3.63) is 45.8 Å². The van der Waals surface area contributed by atoms with Crippen molar-refractivity contribution < 1.29 is 9.13 Å². The zero-order valence-electron chi connectivity index (χ0n) is 9.44. The van der Waals surface area contributed by atoms with Gasteiger partial charge in [-0.3, -0.25) is 4.40 Å². The minimum absolute atomic E-state index is 0.125. The van der Waals surface area contributed by atoms with Gasteiger partial charge in [-0.1, -0.05) is 15.9 Å². The van der Waals surface area contributed by atoms with Gasteiger partial charge in [-0.2, -0.15) is 4.98 Å². The standard InChI is InChI=1S/C12H7BrClFN2OS/c13-7-1-2-10(8(15)5-7)18-11-9(6-14)17-3-4-19-12(17)16-11/h1-5H,6H2. The van der Waals surface area contributed by atoms with E-state index < -0.39 is 5.82 Å². The minimum Gasteiger partial charge on any atom is -0.434 e. The molecule has 0 aliphatic carbocycles. The summed E-state index contributed by atoms with van der Waals surface area (Å²) in [6, 6.07) is 4.59. The van der Waals surface area contributed by atoms with Crippen LogP contribution in [0.3, 0.4) is 0 Å². The normalized spacial score (nSPS) is 11.1. The fraction of sp³-hybridized carbons (Fsp3) is 0.0833. The molecular formula is C12H7BrClFN2OS. The van der Waals surface area contributed by atoms with E-state index >= 15 is 0 Å². The van der Waals surface area contributed by atoms with E-state index in [2.05, 4.69) is 20.9 Å². The molecule has 0 fully saturated rings. The van der Waals surface area contributed by atoms with Gasteiger partial charge in [0.05, 0.1) is 5.88 Å². The predicted molar refractivity (Wildman–Crippen MR) is 76.8 cm³/mol.